The summed E-state index contributed by atoms with van der Waals surface area (Å²) in [5.74, 6) is -0.854. The van der Waals surface area contributed by atoms with Crippen LogP contribution in [-0.2, 0) is 5.41 Å². The van der Waals surface area contributed by atoms with Crippen molar-refractivity contribution in [1.29, 1.82) is 0 Å². The maximum Gasteiger partial charge on any atom is 0.336 e. The van der Waals surface area contributed by atoms with Gasteiger partial charge in [-0.2, -0.15) is 0 Å². The molecule has 1 aliphatic carbocycles. The summed E-state index contributed by atoms with van der Waals surface area (Å²) in [6.07, 6.45) is 0. The molecule has 0 aromatic heterocycles. The molecule has 18 heavy (non-hydrogen) atoms. The van der Waals surface area contributed by atoms with Crippen LogP contribution in [0.15, 0.2) is 42.5 Å². The number of benzene rings is 2. The fourth-order valence-corrected chi connectivity index (χ4v) is 3.03. The van der Waals surface area contributed by atoms with Crippen LogP contribution in [0.25, 0.3) is 11.1 Å². The fourth-order valence-electron chi connectivity index (χ4n) is 3.03. The summed E-state index contributed by atoms with van der Waals surface area (Å²) in [6, 6.07) is 13.7. The summed E-state index contributed by atoms with van der Waals surface area (Å²) in [7, 11) is 0. The molecule has 1 N–H and O–H groups in total. The largest absolute Gasteiger partial charge is 0.478 e. The van der Waals surface area contributed by atoms with E-state index < -0.39 is 5.97 Å². The van der Waals surface area contributed by atoms with Gasteiger partial charge >= 0.3 is 5.97 Å². The highest BCUT2D eigenvalue weighted by molar-refractivity contribution is 5.96. The van der Waals surface area contributed by atoms with Gasteiger partial charge in [-0.25, -0.2) is 4.79 Å². The Hall–Kier alpha value is -2.09. The van der Waals surface area contributed by atoms with Crippen molar-refractivity contribution in [2.75, 3.05) is 0 Å². The average Bonchev–Trinajstić information content (AvgIpc) is 2.60. The van der Waals surface area contributed by atoms with E-state index in [9.17, 15) is 9.90 Å². The minimum Gasteiger partial charge on any atom is -0.478 e. The molecule has 0 spiro atoms. The second kappa shape index (κ2) is 3.45. The molecule has 3 rings (SSSR count). The van der Waals surface area contributed by atoms with Gasteiger partial charge in [0.1, 0.15) is 0 Å². The van der Waals surface area contributed by atoms with E-state index in [1.165, 1.54) is 5.56 Å². The molecule has 0 bridgehead atoms. The van der Waals surface area contributed by atoms with Gasteiger partial charge in [0.25, 0.3) is 0 Å². The van der Waals surface area contributed by atoms with Crippen molar-refractivity contribution in [3.63, 3.8) is 0 Å². The molecule has 0 saturated heterocycles. The summed E-state index contributed by atoms with van der Waals surface area (Å²) in [4.78, 5) is 11.4. The highest BCUT2D eigenvalue weighted by Crippen LogP contribution is 2.49. The third kappa shape index (κ3) is 1.26. The molecule has 0 saturated carbocycles. The molecule has 0 unspecified atom stereocenters. The van der Waals surface area contributed by atoms with E-state index in [0.29, 0.717) is 5.56 Å². The molecule has 2 aromatic rings. The van der Waals surface area contributed by atoms with Crippen molar-refractivity contribution in [3.8, 4) is 11.1 Å². The zero-order valence-electron chi connectivity index (χ0n) is 10.4. The second-order valence-electron chi connectivity index (χ2n) is 5.20. The number of carbonyl (C=O) groups is 1. The monoisotopic (exact) mass is 238 g/mol. The lowest BCUT2D eigenvalue weighted by atomic mass is 9.80. The van der Waals surface area contributed by atoms with E-state index in [2.05, 4.69) is 26.0 Å². The lowest BCUT2D eigenvalue weighted by Gasteiger charge is -2.22. The second-order valence-corrected chi connectivity index (χ2v) is 5.20. The molecule has 0 radical (unpaired) electrons. The zero-order valence-corrected chi connectivity index (χ0v) is 10.4. The molecular formula is C16H14O2. The Labute approximate surface area is 106 Å². The number of carboxylic acids is 1. The minimum atomic E-state index is -0.854. The number of carboxylic acid groups (broad SMARTS) is 1. The molecule has 0 fully saturated rings. The topological polar surface area (TPSA) is 37.3 Å². The van der Waals surface area contributed by atoms with Crippen LogP contribution in [-0.4, -0.2) is 11.1 Å². The van der Waals surface area contributed by atoms with E-state index in [4.69, 9.17) is 0 Å². The summed E-state index contributed by atoms with van der Waals surface area (Å²) in [6.45, 7) is 4.17. The third-order valence-corrected chi connectivity index (χ3v) is 3.81. The highest BCUT2D eigenvalue weighted by Gasteiger charge is 2.38. The van der Waals surface area contributed by atoms with Crippen molar-refractivity contribution >= 4 is 5.97 Å². The number of fused-ring (bicyclic) bond motifs is 3. The van der Waals surface area contributed by atoms with Crippen LogP contribution in [0.3, 0.4) is 0 Å². The van der Waals surface area contributed by atoms with Gasteiger partial charge in [0.2, 0.25) is 0 Å². The first-order valence-corrected chi connectivity index (χ1v) is 6.00. The maximum absolute atomic E-state index is 11.4. The van der Waals surface area contributed by atoms with Crippen LogP contribution in [0.1, 0.15) is 35.3 Å². The molecule has 0 amide bonds. The van der Waals surface area contributed by atoms with Gasteiger partial charge in [0.05, 0.1) is 5.56 Å². The lowest BCUT2D eigenvalue weighted by Crippen LogP contribution is -2.19. The SMILES string of the molecule is CC1(C)c2ccccc2-c2cccc(C(=O)O)c21. The molecule has 0 heterocycles. The van der Waals surface area contributed by atoms with Gasteiger partial charge < -0.3 is 5.11 Å². The number of hydrogen-bond donors (Lipinski definition) is 1. The number of hydrogen-bond acceptors (Lipinski definition) is 1. The van der Waals surface area contributed by atoms with Crippen LogP contribution < -0.4 is 0 Å². The van der Waals surface area contributed by atoms with E-state index in [1.54, 1.807) is 6.07 Å². The first kappa shape index (κ1) is 11.0. The van der Waals surface area contributed by atoms with Crippen LogP contribution in [0, 0.1) is 0 Å². The quantitative estimate of drug-likeness (QED) is 0.822. The Kier molecular flexibility index (Phi) is 2.11. The molecule has 1 aliphatic rings. The van der Waals surface area contributed by atoms with E-state index >= 15 is 0 Å². The lowest BCUT2D eigenvalue weighted by molar-refractivity contribution is 0.0694. The normalized spacial score (nSPS) is 15.0. The maximum atomic E-state index is 11.4. The van der Waals surface area contributed by atoms with E-state index in [1.807, 2.05) is 24.3 Å². The average molecular weight is 238 g/mol. The third-order valence-electron chi connectivity index (χ3n) is 3.81. The Morgan fingerprint density at radius 3 is 2.39 bits per heavy atom. The van der Waals surface area contributed by atoms with Crippen molar-refractivity contribution < 1.29 is 9.90 Å². The summed E-state index contributed by atoms with van der Waals surface area (Å²) < 4.78 is 0. The Morgan fingerprint density at radius 1 is 1.00 bits per heavy atom. The van der Waals surface area contributed by atoms with Gasteiger partial charge in [-0.1, -0.05) is 50.2 Å². The molecular weight excluding hydrogens is 224 g/mol. The highest BCUT2D eigenvalue weighted by atomic mass is 16.4. The van der Waals surface area contributed by atoms with Gasteiger partial charge in [-0.05, 0) is 28.3 Å². The van der Waals surface area contributed by atoms with E-state index in [-0.39, 0.29) is 5.41 Å². The predicted octanol–water partition coefficient (Wildman–Crippen LogP) is 3.69. The predicted molar refractivity (Wildman–Crippen MR) is 71.0 cm³/mol. The van der Waals surface area contributed by atoms with Crippen LogP contribution >= 0.6 is 0 Å². The Morgan fingerprint density at radius 2 is 1.67 bits per heavy atom. The van der Waals surface area contributed by atoms with Crippen LogP contribution in [0.4, 0.5) is 0 Å². The Balaban J connectivity index is 2.42. The molecule has 2 nitrogen and oxygen atoms in total. The van der Waals surface area contributed by atoms with Crippen molar-refractivity contribution in [2.24, 2.45) is 0 Å². The van der Waals surface area contributed by atoms with Gasteiger partial charge in [-0.3, -0.25) is 0 Å². The summed E-state index contributed by atoms with van der Waals surface area (Å²) in [5, 5.41) is 9.36. The van der Waals surface area contributed by atoms with E-state index in [0.717, 1.165) is 16.7 Å². The fraction of sp³-hybridized carbons (Fsp3) is 0.188. The minimum absolute atomic E-state index is 0.249. The molecule has 90 valence electrons. The van der Waals surface area contributed by atoms with Gasteiger partial charge in [0.15, 0.2) is 0 Å². The van der Waals surface area contributed by atoms with Crippen molar-refractivity contribution in [3.05, 3.63) is 59.2 Å². The van der Waals surface area contributed by atoms with Gasteiger partial charge in [-0.15, -0.1) is 0 Å². The molecule has 2 aromatic carbocycles. The first-order valence-electron chi connectivity index (χ1n) is 6.00. The summed E-state index contributed by atoms with van der Waals surface area (Å²) in [5.41, 5.74) is 4.50. The Bertz CT molecular complexity index is 654. The summed E-state index contributed by atoms with van der Waals surface area (Å²) >= 11 is 0. The van der Waals surface area contributed by atoms with Gasteiger partial charge in [0, 0.05) is 5.41 Å². The van der Waals surface area contributed by atoms with Crippen molar-refractivity contribution in [1.82, 2.24) is 0 Å². The standard InChI is InChI=1S/C16H14O2/c1-16(2)13-9-4-3-6-10(13)11-7-5-8-12(14(11)16)15(17)18/h3-9H,1-2H3,(H,17,18). The van der Waals surface area contributed by atoms with Crippen LogP contribution in [0.5, 0.6) is 0 Å². The first-order chi connectivity index (χ1) is 8.53. The molecule has 0 atom stereocenters. The smallest absolute Gasteiger partial charge is 0.336 e. The number of aromatic carboxylic acids is 1. The zero-order chi connectivity index (χ0) is 12.9. The molecule has 0 aliphatic heterocycles. The number of rotatable bonds is 1. The van der Waals surface area contributed by atoms with Crippen LogP contribution in [0.2, 0.25) is 0 Å². The van der Waals surface area contributed by atoms with Crippen molar-refractivity contribution in [2.45, 2.75) is 19.3 Å². The molecule has 2 heteroatoms.